The van der Waals surface area contributed by atoms with Crippen molar-refractivity contribution in [3.63, 3.8) is 0 Å². The van der Waals surface area contributed by atoms with Crippen molar-refractivity contribution in [2.45, 2.75) is 65.9 Å². The SMILES string of the molecule is CC(=O)OC[C@@]1(C)[C@H]2CCC(=O)[C@@H](CC(=O)O)[C@]2(C)CC[C@H]1OC(C)=O. The van der Waals surface area contributed by atoms with Gasteiger partial charge in [-0.05, 0) is 30.6 Å². The first kappa shape index (κ1) is 20.4. The minimum atomic E-state index is -0.992. The zero-order chi connectivity index (χ0) is 19.7. The minimum absolute atomic E-state index is 0.0214. The third kappa shape index (κ3) is 3.76. The molecule has 0 radical (unpaired) electrons. The maximum atomic E-state index is 12.5. The molecule has 0 bridgehead atoms. The van der Waals surface area contributed by atoms with Crippen LogP contribution in [-0.4, -0.2) is 41.5 Å². The van der Waals surface area contributed by atoms with Crippen LogP contribution in [0.15, 0.2) is 0 Å². The summed E-state index contributed by atoms with van der Waals surface area (Å²) >= 11 is 0. The molecule has 26 heavy (non-hydrogen) atoms. The Kier molecular flexibility index (Phi) is 5.78. The number of hydrogen-bond acceptors (Lipinski definition) is 6. The predicted molar refractivity (Wildman–Crippen MR) is 91.1 cm³/mol. The Bertz CT molecular complexity index is 613. The van der Waals surface area contributed by atoms with Crippen LogP contribution in [0.4, 0.5) is 0 Å². The second-order valence-corrected chi connectivity index (χ2v) is 8.14. The van der Waals surface area contributed by atoms with Gasteiger partial charge >= 0.3 is 17.9 Å². The van der Waals surface area contributed by atoms with Crippen molar-refractivity contribution < 1.29 is 33.8 Å². The Balaban J connectivity index is 2.41. The number of carboxylic acid groups (broad SMARTS) is 1. The summed E-state index contributed by atoms with van der Waals surface area (Å²) in [5.74, 6) is -2.50. The summed E-state index contributed by atoms with van der Waals surface area (Å²) in [7, 11) is 0. The lowest BCUT2D eigenvalue weighted by molar-refractivity contribution is -0.197. The zero-order valence-corrected chi connectivity index (χ0v) is 15.9. The van der Waals surface area contributed by atoms with E-state index in [1.54, 1.807) is 0 Å². The quantitative estimate of drug-likeness (QED) is 0.742. The van der Waals surface area contributed by atoms with Crippen LogP contribution in [0.25, 0.3) is 0 Å². The van der Waals surface area contributed by atoms with Crippen LogP contribution in [0.5, 0.6) is 0 Å². The van der Waals surface area contributed by atoms with E-state index in [4.69, 9.17) is 9.47 Å². The highest BCUT2D eigenvalue weighted by molar-refractivity contribution is 5.86. The third-order valence-corrected chi connectivity index (χ3v) is 6.41. The molecule has 1 N–H and O–H groups in total. The van der Waals surface area contributed by atoms with Crippen LogP contribution in [0.2, 0.25) is 0 Å². The first-order valence-corrected chi connectivity index (χ1v) is 9.06. The van der Waals surface area contributed by atoms with E-state index in [0.717, 1.165) is 0 Å². The first-order chi connectivity index (χ1) is 12.0. The van der Waals surface area contributed by atoms with Gasteiger partial charge in [-0.2, -0.15) is 0 Å². The third-order valence-electron chi connectivity index (χ3n) is 6.41. The predicted octanol–water partition coefficient (Wildman–Crippen LogP) is 2.36. The summed E-state index contributed by atoms with van der Waals surface area (Å²) in [5, 5.41) is 9.27. The van der Waals surface area contributed by atoms with Crippen molar-refractivity contribution in [2.24, 2.45) is 22.7 Å². The number of carbonyl (C=O) groups excluding carboxylic acids is 3. The molecule has 2 fully saturated rings. The van der Waals surface area contributed by atoms with Crippen molar-refractivity contribution in [1.82, 2.24) is 0 Å². The van der Waals surface area contributed by atoms with Crippen LogP contribution in [0, 0.1) is 22.7 Å². The van der Waals surface area contributed by atoms with Crippen molar-refractivity contribution in [1.29, 1.82) is 0 Å². The zero-order valence-electron chi connectivity index (χ0n) is 15.9. The number of esters is 2. The lowest BCUT2D eigenvalue weighted by atomic mass is 9.46. The topological polar surface area (TPSA) is 107 Å². The minimum Gasteiger partial charge on any atom is -0.481 e. The molecule has 2 rings (SSSR count). The van der Waals surface area contributed by atoms with Crippen molar-refractivity contribution >= 4 is 23.7 Å². The molecule has 0 amide bonds. The monoisotopic (exact) mass is 368 g/mol. The van der Waals surface area contributed by atoms with Gasteiger partial charge in [-0.25, -0.2) is 0 Å². The molecule has 146 valence electrons. The fraction of sp³-hybridized carbons (Fsp3) is 0.789. The fourth-order valence-electron chi connectivity index (χ4n) is 5.20. The highest BCUT2D eigenvalue weighted by Crippen LogP contribution is 2.60. The van der Waals surface area contributed by atoms with E-state index in [9.17, 15) is 24.3 Å². The van der Waals surface area contributed by atoms with Crippen LogP contribution in [-0.2, 0) is 28.7 Å². The number of hydrogen-bond donors (Lipinski definition) is 1. The summed E-state index contributed by atoms with van der Waals surface area (Å²) in [6.45, 7) is 6.62. The Morgan fingerprint density at radius 1 is 1.15 bits per heavy atom. The number of carbonyl (C=O) groups is 4. The molecule has 0 aliphatic heterocycles. The van der Waals surface area contributed by atoms with Gasteiger partial charge < -0.3 is 14.6 Å². The smallest absolute Gasteiger partial charge is 0.304 e. The Morgan fingerprint density at radius 3 is 2.35 bits per heavy atom. The van der Waals surface area contributed by atoms with Gasteiger partial charge in [0.05, 0.1) is 6.42 Å². The van der Waals surface area contributed by atoms with Gasteiger partial charge in [-0.15, -0.1) is 0 Å². The summed E-state index contributed by atoms with van der Waals surface area (Å²) < 4.78 is 10.8. The van der Waals surface area contributed by atoms with E-state index in [1.807, 2.05) is 13.8 Å². The summed E-state index contributed by atoms with van der Waals surface area (Å²) in [6.07, 6.45) is 1.33. The summed E-state index contributed by atoms with van der Waals surface area (Å²) in [6, 6.07) is 0. The molecule has 7 heteroatoms. The average Bonchev–Trinajstić information content (AvgIpc) is 2.52. The molecule has 0 aromatic carbocycles. The van der Waals surface area contributed by atoms with Crippen LogP contribution in [0.3, 0.4) is 0 Å². The maximum Gasteiger partial charge on any atom is 0.304 e. The number of ether oxygens (including phenoxy) is 2. The molecule has 0 spiro atoms. The number of Topliss-reactive ketones (excluding diaryl/α,β-unsaturated/α-hetero) is 1. The van der Waals surface area contributed by atoms with Crippen molar-refractivity contribution in [3.8, 4) is 0 Å². The van der Waals surface area contributed by atoms with Crippen molar-refractivity contribution in [2.75, 3.05) is 6.61 Å². The van der Waals surface area contributed by atoms with Gasteiger partial charge in [-0.1, -0.05) is 13.8 Å². The Morgan fingerprint density at radius 2 is 1.81 bits per heavy atom. The van der Waals surface area contributed by atoms with Gasteiger partial charge in [0.25, 0.3) is 0 Å². The average molecular weight is 368 g/mol. The molecule has 0 aromatic rings. The van der Waals surface area contributed by atoms with E-state index in [2.05, 4.69) is 0 Å². The maximum absolute atomic E-state index is 12.5. The van der Waals surface area contributed by atoms with Gasteiger partial charge in [0.2, 0.25) is 0 Å². The highest BCUT2D eigenvalue weighted by atomic mass is 16.6. The number of rotatable bonds is 5. The number of aliphatic carboxylic acids is 1. The molecule has 7 nitrogen and oxygen atoms in total. The molecule has 2 aliphatic carbocycles. The Hall–Kier alpha value is -1.92. The molecular weight excluding hydrogens is 340 g/mol. The second-order valence-electron chi connectivity index (χ2n) is 8.14. The molecular formula is C19H28O7. The number of fused-ring (bicyclic) bond motifs is 1. The Labute approximate surface area is 153 Å². The standard InChI is InChI=1S/C19H28O7/c1-11(20)25-10-19(4)15-6-5-14(22)13(9-17(23)24)18(15,3)8-7-16(19)26-12(2)21/h13,15-16H,5-10H2,1-4H3,(H,23,24)/t13-,15+,16-,18+,19+/m1/s1. The van der Waals surface area contributed by atoms with Crippen LogP contribution < -0.4 is 0 Å². The van der Waals surface area contributed by atoms with Gasteiger partial charge in [0, 0.05) is 31.6 Å². The second kappa shape index (κ2) is 7.37. The highest BCUT2D eigenvalue weighted by Gasteiger charge is 2.61. The largest absolute Gasteiger partial charge is 0.481 e. The number of carboxylic acids is 1. The lowest BCUT2D eigenvalue weighted by Gasteiger charge is -2.59. The van der Waals surface area contributed by atoms with E-state index >= 15 is 0 Å². The van der Waals surface area contributed by atoms with E-state index in [-0.39, 0.29) is 24.7 Å². The molecule has 0 aromatic heterocycles. The van der Waals surface area contributed by atoms with E-state index < -0.39 is 40.8 Å². The van der Waals surface area contributed by atoms with Crippen molar-refractivity contribution in [3.05, 3.63) is 0 Å². The van der Waals surface area contributed by atoms with Gasteiger partial charge in [0.1, 0.15) is 18.5 Å². The van der Waals surface area contributed by atoms with Crippen LogP contribution in [0.1, 0.15) is 59.8 Å². The molecule has 0 saturated heterocycles. The summed E-state index contributed by atoms with van der Waals surface area (Å²) in [5.41, 5.74) is -1.19. The fourth-order valence-corrected chi connectivity index (χ4v) is 5.20. The number of ketones is 1. The normalized spacial score (nSPS) is 36.8. The molecule has 5 atom stereocenters. The van der Waals surface area contributed by atoms with E-state index in [1.165, 1.54) is 13.8 Å². The lowest BCUT2D eigenvalue weighted by Crippen LogP contribution is -2.60. The first-order valence-electron chi connectivity index (χ1n) is 9.06. The van der Waals surface area contributed by atoms with E-state index in [0.29, 0.717) is 25.7 Å². The molecule has 0 heterocycles. The van der Waals surface area contributed by atoms with Crippen LogP contribution >= 0.6 is 0 Å². The van der Waals surface area contributed by atoms with Gasteiger partial charge in [0.15, 0.2) is 0 Å². The molecule has 2 saturated carbocycles. The summed E-state index contributed by atoms with van der Waals surface area (Å²) in [4.78, 5) is 46.8. The van der Waals surface area contributed by atoms with Gasteiger partial charge in [-0.3, -0.25) is 19.2 Å². The molecule has 0 unspecified atom stereocenters. The molecule has 2 aliphatic rings.